The smallest absolute Gasteiger partial charge is 0.305 e. The number of aromatic nitrogens is 1. The SMILES string of the molecule is COC(=O)CCc1[nH]ccc1C(=O)CCCCCNC(=O)c1ccccc1. The largest absolute Gasteiger partial charge is 0.469 e. The van der Waals surface area contributed by atoms with Gasteiger partial charge in [-0.1, -0.05) is 24.6 Å². The highest BCUT2D eigenvalue weighted by Crippen LogP contribution is 2.14. The molecule has 2 rings (SSSR count). The van der Waals surface area contributed by atoms with Crippen LogP contribution in [-0.4, -0.2) is 36.3 Å². The molecule has 0 bridgehead atoms. The molecule has 0 saturated carbocycles. The summed E-state index contributed by atoms with van der Waals surface area (Å²) in [4.78, 5) is 38.5. The number of hydrogen-bond acceptors (Lipinski definition) is 4. The van der Waals surface area contributed by atoms with Gasteiger partial charge in [-0.05, 0) is 37.5 Å². The van der Waals surface area contributed by atoms with Crippen LogP contribution in [0.3, 0.4) is 0 Å². The predicted octanol–water partition coefficient (Wildman–Crippen LogP) is 3.29. The fraction of sp³-hybridized carbons (Fsp3) is 0.381. The monoisotopic (exact) mass is 370 g/mol. The van der Waals surface area contributed by atoms with Crippen LogP contribution in [0.1, 0.15) is 58.5 Å². The molecule has 0 unspecified atom stereocenters. The molecule has 0 saturated heterocycles. The molecule has 6 heteroatoms. The molecule has 1 aromatic heterocycles. The number of aromatic amines is 1. The number of nitrogens with one attached hydrogen (secondary N) is 2. The highest BCUT2D eigenvalue weighted by Gasteiger charge is 2.13. The van der Waals surface area contributed by atoms with E-state index < -0.39 is 0 Å². The average molecular weight is 370 g/mol. The number of esters is 1. The first-order valence-corrected chi connectivity index (χ1v) is 9.21. The van der Waals surface area contributed by atoms with Crippen LogP contribution in [0.4, 0.5) is 0 Å². The Balaban J connectivity index is 1.64. The zero-order chi connectivity index (χ0) is 19.5. The Hall–Kier alpha value is -2.89. The van der Waals surface area contributed by atoms with Gasteiger partial charge < -0.3 is 15.0 Å². The molecule has 27 heavy (non-hydrogen) atoms. The molecule has 0 aliphatic rings. The number of hydrogen-bond donors (Lipinski definition) is 2. The van der Waals surface area contributed by atoms with Crippen LogP contribution >= 0.6 is 0 Å². The highest BCUT2D eigenvalue weighted by atomic mass is 16.5. The molecule has 0 fully saturated rings. The van der Waals surface area contributed by atoms with Crippen molar-refractivity contribution >= 4 is 17.7 Å². The number of H-pyrrole nitrogens is 1. The maximum absolute atomic E-state index is 12.4. The molecule has 1 amide bonds. The lowest BCUT2D eigenvalue weighted by atomic mass is 10.0. The summed E-state index contributed by atoms with van der Waals surface area (Å²) < 4.78 is 4.63. The van der Waals surface area contributed by atoms with Gasteiger partial charge in [0.15, 0.2) is 5.78 Å². The fourth-order valence-electron chi connectivity index (χ4n) is 2.82. The van der Waals surface area contributed by atoms with Gasteiger partial charge in [0.2, 0.25) is 0 Å². The second-order valence-corrected chi connectivity index (χ2v) is 6.30. The van der Waals surface area contributed by atoms with Crippen molar-refractivity contribution in [2.24, 2.45) is 0 Å². The van der Waals surface area contributed by atoms with Crippen molar-refractivity contribution in [3.8, 4) is 0 Å². The number of carbonyl (C=O) groups is 3. The second kappa shape index (κ2) is 11.0. The number of ketones is 1. The van der Waals surface area contributed by atoms with Gasteiger partial charge in [-0.2, -0.15) is 0 Å². The lowest BCUT2D eigenvalue weighted by Gasteiger charge is -2.06. The van der Waals surface area contributed by atoms with E-state index >= 15 is 0 Å². The highest BCUT2D eigenvalue weighted by molar-refractivity contribution is 5.97. The van der Waals surface area contributed by atoms with Gasteiger partial charge in [0, 0.05) is 36.0 Å². The Labute approximate surface area is 159 Å². The Kier molecular flexibility index (Phi) is 8.29. The standard InChI is InChI=1S/C21H26N2O4/c1-27-20(25)12-11-18-17(13-15-22-18)19(24)10-6-3-7-14-23-21(26)16-8-4-2-5-9-16/h2,4-5,8-9,13,15,22H,3,6-7,10-12,14H2,1H3,(H,23,26). The number of aryl methyl sites for hydroxylation is 1. The van der Waals surface area contributed by atoms with E-state index in [1.165, 1.54) is 7.11 Å². The topological polar surface area (TPSA) is 88.3 Å². The fourth-order valence-corrected chi connectivity index (χ4v) is 2.82. The first-order valence-electron chi connectivity index (χ1n) is 9.21. The maximum Gasteiger partial charge on any atom is 0.305 e. The van der Waals surface area contributed by atoms with E-state index in [-0.39, 0.29) is 24.1 Å². The molecule has 0 radical (unpaired) electrons. The second-order valence-electron chi connectivity index (χ2n) is 6.30. The van der Waals surface area contributed by atoms with E-state index in [1.807, 2.05) is 18.2 Å². The summed E-state index contributed by atoms with van der Waals surface area (Å²) in [5.41, 5.74) is 2.08. The van der Waals surface area contributed by atoms with E-state index in [2.05, 4.69) is 15.0 Å². The summed E-state index contributed by atoms with van der Waals surface area (Å²) in [6.07, 6.45) is 5.35. The van der Waals surface area contributed by atoms with Crippen molar-refractivity contribution in [2.45, 2.75) is 38.5 Å². The van der Waals surface area contributed by atoms with Gasteiger partial charge >= 0.3 is 5.97 Å². The number of benzene rings is 1. The van der Waals surface area contributed by atoms with Crippen LogP contribution in [0.2, 0.25) is 0 Å². The van der Waals surface area contributed by atoms with Crippen LogP contribution in [-0.2, 0) is 16.0 Å². The lowest BCUT2D eigenvalue weighted by molar-refractivity contribution is -0.140. The first-order chi connectivity index (χ1) is 13.1. The Morgan fingerprint density at radius 2 is 1.78 bits per heavy atom. The molecule has 1 aromatic carbocycles. The van der Waals surface area contributed by atoms with Gasteiger partial charge in [-0.25, -0.2) is 0 Å². The quantitative estimate of drug-likeness (QED) is 0.361. The molecule has 1 heterocycles. The Bertz CT molecular complexity index is 753. The zero-order valence-corrected chi connectivity index (χ0v) is 15.6. The third-order valence-corrected chi connectivity index (χ3v) is 4.34. The van der Waals surface area contributed by atoms with E-state index in [0.29, 0.717) is 30.5 Å². The average Bonchev–Trinajstić information content (AvgIpc) is 3.17. The van der Waals surface area contributed by atoms with Crippen molar-refractivity contribution in [3.63, 3.8) is 0 Å². The van der Waals surface area contributed by atoms with Crippen LogP contribution in [0.5, 0.6) is 0 Å². The van der Waals surface area contributed by atoms with Gasteiger partial charge in [0.1, 0.15) is 0 Å². The third-order valence-electron chi connectivity index (χ3n) is 4.34. The molecular weight excluding hydrogens is 344 g/mol. The van der Waals surface area contributed by atoms with Crippen LogP contribution in [0.15, 0.2) is 42.6 Å². The Morgan fingerprint density at radius 1 is 1.00 bits per heavy atom. The summed E-state index contributed by atoms with van der Waals surface area (Å²) in [7, 11) is 1.35. The maximum atomic E-state index is 12.4. The number of ether oxygens (including phenoxy) is 1. The number of Topliss-reactive ketones (excluding diaryl/α,β-unsaturated/α-hetero) is 1. The van der Waals surface area contributed by atoms with E-state index in [4.69, 9.17) is 0 Å². The van der Waals surface area contributed by atoms with E-state index in [1.54, 1.807) is 24.4 Å². The first kappa shape index (κ1) is 20.4. The molecule has 6 nitrogen and oxygen atoms in total. The van der Waals surface area contributed by atoms with Gasteiger partial charge in [-0.15, -0.1) is 0 Å². The molecular formula is C21H26N2O4. The summed E-state index contributed by atoms with van der Waals surface area (Å²) in [6.45, 7) is 0.594. The van der Waals surface area contributed by atoms with Gasteiger partial charge in [0.25, 0.3) is 5.91 Å². The molecule has 0 spiro atoms. The van der Waals surface area contributed by atoms with Gasteiger partial charge in [-0.3, -0.25) is 14.4 Å². The minimum absolute atomic E-state index is 0.0736. The van der Waals surface area contributed by atoms with Crippen LogP contribution in [0, 0.1) is 0 Å². The minimum Gasteiger partial charge on any atom is -0.469 e. The number of unbranched alkanes of at least 4 members (excludes halogenated alkanes) is 2. The van der Waals surface area contributed by atoms with Crippen molar-refractivity contribution in [1.29, 1.82) is 0 Å². The normalized spacial score (nSPS) is 10.4. The summed E-state index contributed by atoms with van der Waals surface area (Å²) in [6, 6.07) is 10.9. The summed E-state index contributed by atoms with van der Waals surface area (Å²) in [5, 5.41) is 2.88. The third kappa shape index (κ3) is 6.73. The summed E-state index contributed by atoms with van der Waals surface area (Å²) in [5.74, 6) is -0.292. The molecule has 2 aromatic rings. The molecule has 0 atom stereocenters. The van der Waals surface area contributed by atoms with E-state index in [0.717, 1.165) is 25.0 Å². The van der Waals surface area contributed by atoms with Crippen molar-refractivity contribution in [3.05, 3.63) is 59.4 Å². The van der Waals surface area contributed by atoms with Crippen LogP contribution in [0.25, 0.3) is 0 Å². The number of amides is 1. The zero-order valence-electron chi connectivity index (χ0n) is 15.6. The van der Waals surface area contributed by atoms with Crippen molar-refractivity contribution < 1.29 is 19.1 Å². The number of methoxy groups -OCH3 is 1. The minimum atomic E-state index is -0.291. The van der Waals surface area contributed by atoms with Gasteiger partial charge in [0.05, 0.1) is 13.5 Å². The number of rotatable bonds is 11. The van der Waals surface area contributed by atoms with Crippen LogP contribution < -0.4 is 5.32 Å². The molecule has 0 aliphatic carbocycles. The lowest BCUT2D eigenvalue weighted by Crippen LogP contribution is -2.24. The summed E-state index contributed by atoms with van der Waals surface area (Å²) >= 11 is 0. The molecule has 144 valence electrons. The Morgan fingerprint density at radius 3 is 2.52 bits per heavy atom. The molecule has 2 N–H and O–H groups in total. The predicted molar refractivity (Wildman–Crippen MR) is 103 cm³/mol. The van der Waals surface area contributed by atoms with Crippen molar-refractivity contribution in [1.82, 2.24) is 10.3 Å². The number of carbonyl (C=O) groups excluding carboxylic acids is 3. The van der Waals surface area contributed by atoms with Crippen molar-refractivity contribution in [2.75, 3.05) is 13.7 Å². The molecule has 0 aliphatic heterocycles. The van der Waals surface area contributed by atoms with E-state index in [9.17, 15) is 14.4 Å².